The Labute approximate surface area is 228 Å². The van der Waals surface area contributed by atoms with Crippen LogP contribution in [-0.2, 0) is 4.79 Å². The van der Waals surface area contributed by atoms with Crippen LogP contribution in [-0.4, -0.2) is 48.4 Å². The molecule has 5 rings (SSSR count). The summed E-state index contributed by atoms with van der Waals surface area (Å²) >= 11 is 13.1. The average Bonchev–Trinajstić information content (AvgIpc) is 2.94. The predicted octanol–water partition coefficient (Wildman–Crippen LogP) is 7.07. The number of hydrogen-bond acceptors (Lipinski definition) is 3. The van der Waals surface area contributed by atoms with E-state index in [0.29, 0.717) is 16.6 Å². The van der Waals surface area contributed by atoms with E-state index in [1.54, 1.807) is 0 Å². The van der Waals surface area contributed by atoms with Crippen LogP contribution in [0.5, 0.6) is 0 Å². The highest BCUT2D eigenvalue weighted by Crippen LogP contribution is 2.37. The van der Waals surface area contributed by atoms with Gasteiger partial charge in [0.2, 0.25) is 5.91 Å². The fourth-order valence-corrected chi connectivity index (χ4v) is 5.40. The van der Waals surface area contributed by atoms with Gasteiger partial charge >= 0.3 is 0 Å². The molecule has 4 aromatic rings. The molecule has 0 N–H and O–H groups in total. The molecule has 37 heavy (non-hydrogen) atoms. The van der Waals surface area contributed by atoms with E-state index in [1.165, 1.54) is 5.56 Å². The second-order valence-electron chi connectivity index (χ2n) is 9.17. The lowest BCUT2D eigenvalue weighted by Crippen LogP contribution is -2.50. The topological polar surface area (TPSA) is 26.8 Å². The van der Waals surface area contributed by atoms with Gasteiger partial charge in [-0.15, -0.1) is 0 Å². The molecule has 0 bridgehead atoms. The van der Waals surface area contributed by atoms with Gasteiger partial charge in [0.25, 0.3) is 0 Å². The van der Waals surface area contributed by atoms with Gasteiger partial charge in [0.1, 0.15) is 0 Å². The molecule has 1 saturated heterocycles. The normalized spacial score (nSPS) is 15.3. The Morgan fingerprint density at radius 2 is 1.24 bits per heavy atom. The summed E-state index contributed by atoms with van der Waals surface area (Å²) in [4.78, 5) is 20.1. The molecule has 1 heterocycles. The molecule has 0 radical (unpaired) electrons. The number of anilines is 2. The van der Waals surface area contributed by atoms with Crippen LogP contribution < -0.4 is 4.90 Å². The van der Waals surface area contributed by atoms with Gasteiger partial charge in [-0.05, 0) is 41.5 Å². The van der Waals surface area contributed by atoms with Gasteiger partial charge in [-0.3, -0.25) is 19.5 Å². The average molecular weight is 530 g/mol. The Morgan fingerprint density at radius 1 is 0.703 bits per heavy atom. The van der Waals surface area contributed by atoms with Crippen molar-refractivity contribution in [1.29, 1.82) is 0 Å². The summed E-state index contributed by atoms with van der Waals surface area (Å²) < 4.78 is 0. The van der Waals surface area contributed by atoms with E-state index in [0.717, 1.165) is 43.1 Å². The molecule has 188 valence electrons. The number of piperazine rings is 1. The summed E-state index contributed by atoms with van der Waals surface area (Å²) in [7, 11) is 0. The highest BCUT2D eigenvalue weighted by molar-refractivity contribution is 6.42. The molecule has 4 nitrogen and oxygen atoms in total. The van der Waals surface area contributed by atoms with Crippen molar-refractivity contribution in [1.82, 2.24) is 9.80 Å². The highest BCUT2D eigenvalue weighted by atomic mass is 35.5. The van der Waals surface area contributed by atoms with E-state index in [9.17, 15) is 4.79 Å². The molecule has 0 aromatic heterocycles. The third-order valence-electron chi connectivity index (χ3n) is 6.80. The summed E-state index contributed by atoms with van der Waals surface area (Å²) in [5.74, 6) is 0.0587. The summed E-state index contributed by atoms with van der Waals surface area (Å²) in [5.41, 5.74) is 3.92. The van der Waals surface area contributed by atoms with Crippen molar-refractivity contribution in [2.75, 3.05) is 37.6 Å². The van der Waals surface area contributed by atoms with E-state index >= 15 is 0 Å². The number of benzene rings is 4. The Kier molecular flexibility index (Phi) is 8.22. The fourth-order valence-electron chi connectivity index (χ4n) is 4.99. The molecule has 0 saturated carbocycles. The van der Waals surface area contributed by atoms with Crippen molar-refractivity contribution in [2.45, 2.75) is 6.04 Å². The zero-order chi connectivity index (χ0) is 25.6. The van der Waals surface area contributed by atoms with Gasteiger partial charge in [0, 0.05) is 37.6 Å². The Hall–Kier alpha value is -3.15. The minimum Gasteiger partial charge on any atom is -0.292 e. The predicted molar refractivity (Wildman–Crippen MR) is 153 cm³/mol. The van der Waals surface area contributed by atoms with Crippen LogP contribution in [0.1, 0.15) is 17.2 Å². The summed E-state index contributed by atoms with van der Waals surface area (Å²) in [6.07, 6.45) is 0. The Morgan fingerprint density at radius 3 is 1.81 bits per heavy atom. The van der Waals surface area contributed by atoms with Crippen molar-refractivity contribution in [2.24, 2.45) is 0 Å². The Bertz CT molecular complexity index is 1270. The maximum absolute atomic E-state index is 13.6. The number of rotatable bonds is 7. The summed E-state index contributed by atoms with van der Waals surface area (Å²) in [6.45, 7) is 3.54. The third kappa shape index (κ3) is 5.89. The maximum Gasteiger partial charge on any atom is 0.245 e. The molecule has 4 aromatic carbocycles. The number of hydrogen-bond donors (Lipinski definition) is 0. The molecule has 1 aliphatic rings. The van der Waals surface area contributed by atoms with E-state index in [2.05, 4.69) is 40.1 Å². The van der Waals surface area contributed by atoms with Crippen LogP contribution in [0.4, 0.5) is 11.4 Å². The number of carbonyl (C=O) groups is 1. The van der Waals surface area contributed by atoms with Crippen molar-refractivity contribution >= 4 is 40.5 Å². The monoisotopic (exact) mass is 529 g/mol. The van der Waals surface area contributed by atoms with Gasteiger partial charge < -0.3 is 0 Å². The van der Waals surface area contributed by atoms with Gasteiger partial charge in [-0.25, -0.2) is 0 Å². The molecule has 0 aliphatic carbocycles. The SMILES string of the molecule is O=C(CN1CCN(C(c2ccccc2)c2cccc(Cl)c2Cl)CC1)N(c1ccccc1)c1ccccc1. The number of nitrogens with zero attached hydrogens (tertiary/aromatic N) is 3. The summed E-state index contributed by atoms with van der Waals surface area (Å²) in [6, 6.07) is 35.9. The number of halogens is 2. The number of amides is 1. The van der Waals surface area contributed by atoms with Gasteiger partial charge in [0.15, 0.2) is 0 Å². The first-order chi connectivity index (χ1) is 18.1. The summed E-state index contributed by atoms with van der Waals surface area (Å²) in [5, 5.41) is 1.16. The van der Waals surface area contributed by atoms with Crippen LogP contribution in [0, 0.1) is 0 Å². The van der Waals surface area contributed by atoms with Crippen LogP contribution in [0.2, 0.25) is 10.0 Å². The standard InChI is InChI=1S/C31H29Cl2N3O/c32-28-18-10-17-27(30(28)33)31(24-11-4-1-5-12-24)35-21-19-34(20-22-35)23-29(37)36(25-13-6-2-7-14-25)26-15-8-3-9-16-26/h1-18,31H,19-23H2. The largest absolute Gasteiger partial charge is 0.292 e. The minimum atomic E-state index is -0.00427. The van der Waals surface area contributed by atoms with E-state index in [1.807, 2.05) is 83.8 Å². The first kappa shape index (κ1) is 25.5. The lowest BCUT2D eigenvalue weighted by atomic mass is 9.96. The van der Waals surface area contributed by atoms with Crippen molar-refractivity contribution in [3.05, 3.63) is 130 Å². The first-order valence-corrected chi connectivity index (χ1v) is 13.3. The molecule has 6 heteroatoms. The quantitative estimate of drug-likeness (QED) is 0.256. The van der Waals surface area contributed by atoms with E-state index < -0.39 is 0 Å². The van der Waals surface area contributed by atoms with Gasteiger partial charge in [0.05, 0.1) is 22.6 Å². The van der Waals surface area contributed by atoms with Crippen molar-refractivity contribution in [3.63, 3.8) is 0 Å². The number of para-hydroxylation sites is 2. The lowest BCUT2D eigenvalue weighted by molar-refractivity contribution is -0.119. The zero-order valence-corrected chi connectivity index (χ0v) is 22.0. The van der Waals surface area contributed by atoms with E-state index in [-0.39, 0.29) is 11.9 Å². The fraction of sp³-hybridized carbons (Fsp3) is 0.194. The zero-order valence-electron chi connectivity index (χ0n) is 20.5. The first-order valence-electron chi connectivity index (χ1n) is 12.5. The molecule has 1 unspecified atom stereocenters. The lowest BCUT2D eigenvalue weighted by Gasteiger charge is -2.40. The van der Waals surface area contributed by atoms with Crippen molar-refractivity contribution in [3.8, 4) is 0 Å². The smallest absolute Gasteiger partial charge is 0.245 e. The molecular formula is C31H29Cl2N3O. The second-order valence-corrected chi connectivity index (χ2v) is 9.95. The maximum atomic E-state index is 13.6. The third-order valence-corrected chi connectivity index (χ3v) is 7.63. The van der Waals surface area contributed by atoms with Crippen molar-refractivity contribution < 1.29 is 4.79 Å². The van der Waals surface area contributed by atoms with Crippen LogP contribution in [0.25, 0.3) is 0 Å². The van der Waals surface area contributed by atoms with E-state index in [4.69, 9.17) is 23.2 Å². The molecule has 1 aliphatic heterocycles. The second kappa shape index (κ2) is 11.9. The molecule has 0 spiro atoms. The molecule has 1 amide bonds. The Balaban J connectivity index is 1.32. The molecule has 1 atom stereocenters. The van der Waals surface area contributed by atoms with Gasteiger partial charge in [-0.2, -0.15) is 0 Å². The van der Waals surface area contributed by atoms with Gasteiger partial charge in [-0.1, -0.05) is 102 Å². The van der Waals surface area contributed by atoms with Crippen LogP contribution >= 0.6 is 23.2 Å². The minimum absolute atomic E-state index is 0.00427. The van der Waals surface area contributed by atoms with Crippen LogP contribution in [0.3, 0.4) is 0 Å². The van der Waals surface area contributed by atoms with Crippen LogP contribution in [0.15, 0.2) is 109 Å². The molecular weight excluding hydrogens is 501 g/mol. The number of carbonyl (C=O) groups excluding carboxylic acids is 1. The molecule has 1 fully saturated rings. The highest BCUT2D eigenvalue weighted by Gasteiger charge is 2.30.